The molecule has 4 heteroatoms. The van der Waals surface area contributed by atoms with Crippen molar-refractivity contribution in [2.45, 2.75) is 19.9 Å². The SMILES string of the molecule is CC(C)n1c2c(c(=O)c3ccccc31)C(=O)n1cccc1-2. The average Bonchev–Trinajstić information content (AvgIpc) is 3.03. The summed E-state index contributed by atoms with van der Waals surface area (Å²) >= 11 is 0. The Hall–Kier alpha value is -2.62. The van der Waals surface area contributed by atoms with Crippen molar-refractivity contribution in [2.75, 3.05) is 0 Å². The summed E-state index contributed by atoms with van der Waals surface area (Å²) in [5.41, 5.74) is 2.53. The lowest BCUT2D eigenvalue weighted by molar-refractivity contribution is 0.0968. The molecule has 0 bridgehead atoms. The van der Waals surface area contributed by atoms with Crippen LogP contribution in [0.3, 0.4) is 0 Å². The zero-order chi connectivity index (χ0) is 14.7. The summed E-state index contributed by atoms with van der Waals surface area (Å²) in [5, 5.41) is 0.601. The van der Waals surface area contributed by atoms with Gasteiger partial charge in [-0.2, -0.15) is 0 Å². The van der Waals surface area contributed by atoms with Gasteiger partial charge in [-0.3, -0.25) is 14.2 Å². The Bertz CT molecular complexity index is 961. The van der Waals surface area contributed by atoms with E-state index < -0.39 is 0 Å². The van der Waals surface area contributed by atoms with Crippen LogP contribution in [0, 0.1) is 0 Å². The Morgan fingerprint density at radius 1 is 1.00 bits per heavy atom. The first-order chi connectivity index (χ1) is 10.1. The molecule has 104 valence electrons. The van der Waals surface area contributed by atoms with Gasteiger partial charge in [-0.15, -0.1) is 0 Å². The van der Waals surface area contributed by atoms with Crippen molar-refractivity contribution in [3.8, 4) is 11.4 Å². The second-order valence-electron chi connectivity index (χ2n) is 5.60. The van der Waals surface area contributed by atoms with E-state index in [0.29, 0.717) is 5.39 Å². The highest BCUT2D eigenvalue weighted by Gasteiger charge is 2.33. The monoisotopic (exact) mass is 278 g/mol. The lowest BCUT2D eigenvalue weighted by Crippen LogP contribution is -2.20. The van der Waals surface area contributed by atoms with Gasteiger partial charge < -0.3 is 4.57 Å². The van der Waals surface area contributed by atoms with E-state index in [0.717, 1.165) is 16.9 Å². The number of para-hydroxylation sites is 1. The molecule has 1 aliphatic heterocycles. The number of pyridine rings is 1. The van der Waals surface area contributed by atoms with Crippen LogP contribution in [0.2, 0.25) is 0 Å². The molecule has 0 saturated heterocycles. The van der Waals surface area contributed by atoms with E-state index in [1.165, 1.54) is 0 Å². The number of hydrogen-bond acceptors (Lipinski definition) is 2. The van der Waals surface area contributed by atoms with Crippen LogP contribution in [0.4, 0.5) is 0 Å². The fourth-order valence-electron chi connectivity index (χ4n) is 3.22. The van der Waals surface area contributed by atoms with Crippen molar-refractivity contribution in [1.82, 2.24) is 9.13 Å². The maximum atomic E-state index is 12.7. The van der Waals surface area contributed by atoms with E-state index in [9.17, 15) is 9.59 Å². The van der Waals surface area contributed by atoms with Crippen LogP contribution in [0.1, 0.15) is 30.2 Å². The normalized spacial score (nSPS) is 13.0. The molecule has 0 unspecified atom stereocenters. The number of aromatic nitrogens is 2. The highest BCUT2D eigenvalue weighted by Crippen LogP contribution is 2.34. The van der Waals surface area contributed by atoms with Crippen molar-refractivity contribution in [1.29, 1.82) is 0 Å². The summed E-state index contributed by atoms with van der Waals surface area (Å²) in [5.74, 6) is -0.227. The van der Waals surface area contributed by atoms with Gasteiger partial charge in [0.1, 0.15) is 5.56 Å². The van der Waals surface area contributed by atoms with Crippen LogP contribution in [0.5, 0.6) is 0 Å². The third-order valence-electron chi connectivity index (χ3n) is 4.05. The lowest BCUT2D eigenvalue weighted by atomic mass is 10.1. The second kappa shape index (κ2) is 3.95. The molecule has 4 nitrogen and oxygen atoms in total. The van der Waals surface area contributed by atoms with E-state index in [1.54, 1.807) is 16.8 Å². The molecule has 1 aromatic carbocycles. The Morgan fingerprint density at radius 2 is 1.76 bits per heavy atom. The van der Waals surface area contributed by atoms with Crippen LogP contribution in [-0.2, 0) is 0 Å². The van der Waals surface area contributed by atoms with Crippen LogP contribution in [-0.4, -0.2) is 15.0 Å². The zero-order valence-electron chi connectivity index (χ0n) is 11.8. The van der Waals surface area contributed by atoms with Gasteiger partial charge >= 0.3 is 0 Å². The van der Waals surface area contributed by atoms with E-state index in [-0.39, 0.29) is 22.9 Å². The summed E-state index contributed by atoms with van der Waals surface area (Å²) in [6.07, 6.45) is 1.71. The zero-order valence-corrected chi connectivity index (χ0v) is 11.8. The minimum Gasteiger partial charge on any atom is -0.336 e. The molecule has 0 radical (unpaired) electrons. The van der Waals surface area contributed by atoms with E-state index in [4.69, 9.17) is 0 Å². The summed E-state index contributed by atoms with van der Waals surface area (Å²) in [6, 6.07) is 11.4. The van der Waals surface area contributed by atoms with Crippen molar-refractivity contribution < 1.29 is 4.79 Å². The highest BCUT2D eigenvalue weighted by molar-refractivity contribution is 6.10. The van der Waals surface area contributed by atoms with E-state index >= 15 is 0 Å². The summed E-state index contributed by atoms with van der Waals surface area (Å²) in [7, 11) is 0. The van der Waals surface area contributed by atoms with Crippen molar-refractivity contribution in [3.63, 3.8) is 0 Å². The van der Waals surface area contributed by atoms with Crippen LogP contribution >= 0.6 is 0 Å². The molecule has 0 spiro atoms. The smallest absolute Gasteiger partial charge is 0.268 e. The van der Waals surface area contributed by atoms with Crippen molar-refractivity contribution in [3.05, 3.63) is 58.4 Å². The molecule has 3 heterocycles. The first-order valence-corrected chi connectivity index (χ1v) is 7.01. The van der Waals surface area contributed by atoms with Gasteiger partial charge in [0.25, 0.3) is 5.91 Å². The molecular formula is C17H14N2O2. The molecule has 0 N–H and O–H groups in total. The molecular weight excluding hydrogens is 264 g/mol. The molecule has 0 fully saturated rings. The maximum Gasteiger partial charge on any atom is 0.268 e. The van der Waals surface area contributed by atoms with Gasteiger partial charge in [-0.05, 0) is 38.1 Å². The predicted octanol–water partition coefficient (Wildman–Crippen LogP) is 3.05. The van der Waals surface area contributed by atoms with Crippen molar-refractivity contribution in [2.24, 2.45) is 0 Å². The molecule has 0 atom stereocenters. The molecule has 0 saturated carbocycles. The number of benzene rings is 1. The van der Waals surface area contributed by atoms with Gasteiger partial charge in [-0.25, -0.2) is 0 Å². The fraction of sp³-hybridized carbons (Fsp3) is 0.176. The summed E-state index contributed by atoms with van der Waals surface area (Å²) in [4.78, 5) is 25.3. The predicted molar refractivity (Wildman–Crippen MR) is 81.7 cm³/mol. The third-order valence-corrected chi connectivity index (χ3v) is 4.05. The molecule has 0 aliphatic carbocycles. The maximum absolute atomic E-state index is 12.7. The van der Waals surface area contributed by atoms with Gasteiger partial charge in [0.05, 0.1) is 16.9 Å². The third kappa shape index (κ3) is 1.39. The Morgan fingerprint density at radius 3 is 2.52 bits per heavy atom. The summed E-state index contributed by atoms with van der Waals surface area (Å²) < 4.78 is 3.65. The van der Waals surface area contributed by atoms with Crippen LogP contribution in [0.25, 0.3) is 22.3 Å². The van der Waals surface area contributed by atoms with Gasteiger partial charge in [0.15, 0.2) is 0 Å². The first kappa shape index (κ1) is 12.1. The van der Waals surface area contributed by atoms with E-state index in [1.807, 2.05) is 30.3 Å². The quantitative estimate of drug-likeness (QED) is 0.537. The second-order valence-corrected chi connectivity index (χ2v) is 5.60. The number of carbonyl (C=O) groups excluding carboxylic acids is 1. The van der Waals surface area contributed by atoms with Gasteiger partial charge in [0.2, 0.25) is 5.43 Å². The number of nitrogens with zero attached hydrogens (tertiary/aromatic N) is 2. The van der Waals surface area contributed by atoms with Crippen LogP contribution < -0.4 is 5.43 Å². The number of carbonyl (C=O) groups is 1. The highest BCUT2D eigenvalue weighted by atomic mass is 16.2. The van der Waals surface area contributed by atoms with Crippen LogP contribution in [0.15, 0.2) is 47.4 Å². The number of hydrogen-bond donors (Lipinski definition) is 0. The molecule has 0 amide bonds. The largest absolute Gasteiger partial charge is 0.336 e. The minimum atomic E-state index is -0.227. The average molecular weight is 278 g/mol. The van der Waals surface area contributed by atoms with E-state index in [2.05, 4.69) is 18.4 Å². The molecule has 2 aromatic heterocycles. The number of fused-ring (bicyclic) bond motifs is 4. The minimum absolute atomic E-state index is 0.151. The lowest BCUT2D eigenvalue weighted by Gasteiger charge is -2.19. The molecule has 21 heavy (non-hydrogen) atoms. The number of rotatable bonds is 1. The molecule has 4 rings (SSSR count). The van der Waals surface area contributed by atoms with Gasteiger partial charge in [-0.1, -0.05) is 12.1 Å². The molecule has 3 aromatic rings. The topological polar surface area (TPSA) is 44.0 Å². The summed E-state index contributed by atoms with van der Waals surface area (Å²) in [6.45, 7) is 4.13. The van der Waals surface area contributed by atoms with Gasteiger partial charge in [0, 0.05) is 17.6 Å². The first-order valence-electron chi connectivity index (χ1n) is 7.01. The Labute approximate surface area is 121 Å². The standard InChI is InChI=1S/C17H14N2O2/c1-10(2)19-12-7-4-3-6-11(12)16(20)14-15(19)13-8-5-9-18(13)17(14)21/h3-10H,1-2H3. The molecule has 1 aliphatic rings. The van der Waals surface area contributed by atoms with Crippen molar-refractivity contribution >= 4 is 16.8 Å². The Balaban J connectivity index is 2.31. The fourth-order valence-corrected chi connectivity index (χ4v) is 3.22. The Kier molecular flexibility index (Phi) is 2.28.